The molecule has 0 unspecified atom stereocenters. The largest absolute Gasteiger partial charge is 0.347 e. The van der Waals surface area contributed by atoms with Crippen LogP contribution in [0.15, 0.2) is 21.4 Å². The quantitative estimate of drug-likeness (QED) is 0.795. The van der Waals surface area contributed by atoms with Gasteiger partial charge in [-0.1, -0.05) is 0 Å². The lowest BCUT2D eigenvalue weighted by molar-refractivity contribution is 0.619. The van der Waals surface area contributed by atoms with Crippen molar-refractivity contribution in [3.8, 4) is 5.69 Å². The molecular weight excluding hydrogens is 297 g/mol. The Bertz CT molecular complexity index is 630. The van der Waals surface area contributed by atoms with Crippen molar-refractivity contribution in [2.45, 2.75) is 6.92 Å². The van der Waals surface area contributed by atoms with Gasteiger partial charge in [0, 0.05) is 0 Å². The van der Waals surface area contributed by atoms with E-state index in [1.165, 1.54) is 10.6 Å². The maximum Gasteiger partial charge on any atom is 0.347 e. The van der Waals surface area contributed by atoms with E-state index in [2.05, 4.69) is 26.1 Å². The number of aromatic nitrogens is 3. The highest BCUT2D eigenvalue weighted by atomic mass is 79.9. The van der Waals surface area contributed by atoms with Crippen LogP contribution in [-0.4, -0.2) is 14.8 Å². The normalized spacial score (nSPS) is 10.7. The standard InChI is InChI=1S/C9H7BrFN3OS/c1-4-2-5(10)6(11)3-7(4)14-8(15)12-13-9(14)16/h2-3H,1H3,(H,12,15)(H,13,16). The van der Waals surface area contributed by atoms with E-state index in [9.17, 15) is 9.18 Å². The molecule has 0 amide bonds. The molecule has 0 saturated heterocycles. The van der Waals surface area contributed by atoms with Crippen LogP contribution in [0.1, 0.15) is 5.56 Å². The molecule has 0 fully saturated rings. The summed E-state index contributed by atoms with van der Waals surface area (Å²) in [6.45, 7) is 1.77. The first kappa shape index (κ1) is 11.3. The van der Waals surface area contributed by atoms with Gasteiger partial charge in [-0.15, -0.1) is 0 Å². The third kappa shape index (κ3) is 1.76. The van der Waals surface area contributed by atoms with Crippen molar-refractivity contribution >= 4 is 28.1 Å². The molecule has 0 aliphatic heterocycles. The number of hydrogen-bond donors (Lipinski definition) is 2. The van der Waals surface area contributed by atoms with Crippen LogP contribution >= 0.6 is 28.1 Å². The van der Waals surface area contributed by atoms with Crippen LogP contribution in [0.4, 0.5) is 4.39 Å². The molecule has 2 N–H and O–H groups in total. The van der Waals surface area contributed by atoms with Crippen LogP contribution in [0.3, 0.4) is 0 Å². The predicted octanol–water partition coefficient (Wildman–Crippen LogP) is 2.43. The molecule has 0 bridgehead atoms. The van der Waals surface area contributed by atoms with Gasteiger partial charge in [0.2, 0.25) is 4.77 Å². The van der Waals surface area contributed by atoms with Crippen LogP contribution < -0.4 is 5.69 Å². The molecule has 0 radical (unpaired) electrons. The lowest BCUT2D eigenvalue weighted by atomic mass is 10.2. The fraction of sp³-hybridized carbons (Fsp3) is 0.111. The fourth-order valence-corrected chi connectivity index (χ4v) is 2.10. The number of H-pyrrole nitrogens is 2. The third-order valence-electron chi connectivity index (χ3n) is 2.16. The van der Waals surface area contributed by atoms with Crippen molar-refractivity contribution in [2.24, 2.45) is 0 Å². The van der Waals surface area contributed by atoms with Gasteiger partial charge in [-0.2, -0.15) is 0 Å². The van der Waals surface area contributed by atoms with Crippen molar-refractivity contribution in [1.82, 2.24) is 14.8 Å². The highest BCUT2D eigenvalue weighted by Crippen LogP contribution is 2.22. The zero-order chi connectivity index (χ0) is 11.9. The first-order chi connectivity index (χ1) is 7.50. The van der Waals surface area contributed by atoms with Crippen molar-refractivity contribution < 1.29 is 4.39 Å². The van der Waals surface area contributed by atoms with Gasteiger partial charge in [0.15, 0.2) is 0 Å². The summed E-state index contributed by atoms with van der Waals surface area (Å²) in [5.74, 6) is -0.442. The smallest absolute Gasteiger partial charge is 0.272 e. The number of nitrogens with zero attached hydrogens (tertiary/aromatic N) is 1. The Morgan fingerprint density at radius 3 is 2.69 bits per heavy atom. The van der Waals surface area contributed by atoms with Gasteiger partial charge in [0.25, 0.3) is 0 Å². The summed E-state index contributed by atoms with van der Waals surface area (Å²) in [5, 5.41) is 4.84. The van der Waals surface area contributed by atoms with Gasteiger partial charge in [-0.25, -0.2) is 18.9 Å². The SMILES string of the molecule is Cc1cc(Br)c(F)cc1-n1c(=O)[nH][nH]c1=S. The number of rotatable bonds is 1. The van der Waals surface area contributed by atoms with E-state index in [-0.39, 0.29) is 4.77 Å². The zero-order valence-electron chi connectivity index (χ0n) is 8.17. The van der Waals surface area contributed by atoms with Gasteiger partial charge < -0.3 is 0 Å². The molecule has 1 heterocycles. The van der Waals surface area contributed by atoms with Gasteiger partial charge in [0.05, 0.1) is 10.2 Å². The van der Waals surface area contributed by atoms with E-state index >= 15 is 0 Å². The van der Waals surface area contributed by atoms with Crippen LogP contribution in [0.25, 0.3) is 5.69 Å². The molecule has 0 saturated carbocycles. The van der Waals surface area contributed by atoms with Crippen LogP contribution in [-0.2, 0) is 0 Å². The molecular formula is C9H7BrFN3OS. The van der Waals surface area contributed by atoms with Crippen LogP contribution in [0, 0.1) is 17.5 Å². The Morgan fingerprint density at radius 1 is 1.44 bits per heavy atom. The Hall–Kier alpha value is -1.21. The summed E-state index contributed by atoms with van der Waals surface area (Å²) in [7, 11) is 0. The highest BCUT2D eigenvalue weighted by Gasteiger charge is 2.10. The molecule has 0 atom stereocenters. The summed E-state index contributed by atoms with van der Waals surface area (Å²) in [4.78, 5) is 11.5. The topological polar surface area (TPSA) is 53.6 Å². The monoisotopic (exact) mass is 303 g/mol. The van der Waals surface area contributed by atoms with Gasteiger partial charge in [-0.3, -0.25) is 5.10 Å². The van der Waals surface area contributed by atoms with E-state index in [0.29, 0.717) is 10.2 Å². The second kappa shape index (κ2) is 3.99. The fourth-order valence-electron chi connectivity index (χ4n) is 1.41. The number of hydrogen-bond acceptors (Lipinski definition) is 2. The van der Waals surface area contributed by atoms with E-state index in [1.54, 1.807) is 13.0 Å². The van der Waals surface area contributed by atoms with Crippen LogP contribution in [0.5, 0.6) is 0 Å². The van der Waals surface area contributed by atoms with Gasteiger partial charge >= 0.3 is 5.69 Å². The molecule has 4 nitrogen and oxygen atoms in total. The van der Waals surface area contributed by atoms with Gasteiger partial charge in [0.1, 0.15) is 5.82 Å². The minimum atomic E-state index is -0.442. The summed E-state index contributed by atoms with van der Waals surface area (Å²) in [6.07, 6.45) is 0. The Kier molecular flexibility index (Phi) is 2.81. The maximum atomic E-state index is 13.4. The summed E-state index contributed by atoms with van der Waals surface area (Å²) >= 11 is 8.01. The molecule has 0 spiro atoms. The zero-order valence-corrected chi connectivity index (χ0v) is 10.6. The number of halogens is 2. The Labute approximate surface area is 103 Å². The van der Waals surface area contributed by atoms with E-state index in [4.69, 9.17) is 12.2 Å². The molecule has 1 aromatic heterocycles. The highest BCUT2D eigenvalue weighted by molar-refractivity contribution is 9.10. The predicted molar refractivity (Wildman–Crippen MR) is 64.0 cm³/mol. The van der Waals surface area contributed by atoms with Crippen molar-refractivity contribution in [2.75, 3.05) is 0 Å². The molecule has 1 aromatic carbocycles. The minimum Gasteiger partial charge on any atom is -0.272 e. The van der Waals surface area contributed by atoms with Crippen molar-refractivity contribution in [3.63, 3.8) is 0 Å². The molecule has 0 aliphatic rings. The lowest BCUT2D eigenvalue weighted by Gasteiger charge is -2.06. The van der Waals surface area contributed by atoms with E-state index in [0.717, 1.165) is 5.56 Å². The van der Waals surface area contributed by atoms with E-state index in [1.807, 2.05) is 0 Å². The summed E-state index contributed by atoms with van der Waals surface area (Å²) in [5.41, 5.74) is 0.748. The summed E-state index contributed by atoms with van der Waals surface area (Å²) in [6, 6.07) is 2.86. The van der Waals surface area contributed by atoms with Gasteiger partial charge in [-0.05, 0) is 52.8 Å². The molecule has 2 rings (SSSR count). The first-order valence-electron chi connectivity index (χ1n) is 4.36. The van der Waals surface area contributed by atoms with E-state index < -0.39 is 11.5 Å². The Balaban J connectivity index is 2.80. The molecule has 16 heavy (non-hydrogen) atoms. The summed E-state index contributed by atoms with van der Waals surface area (Å²) < 4.78 is 15.2. The number of aromatic amines is 2. The molecule has 0 aliphatic carbocycles. The second-order valence-electron chi connectivity index (χ2n) is 3.25. The average Bonchev–Trinajstić information content (AvgIpc) is 2.53. The first-order valence-corrected chi connectivity index (χ1v) is 5.56. The van der Waals surface area contributed by atoms with Crippen molar-refractivity contribution in [3.05, 3.63) is 43.2 Å². The Morgan fingerprint density at radius 2 is 2.12 bits per heavy atom. The van der Waals surface area contributed by atoms with Crippen molar-refractivity contribution in [1.29, 1.82) is 0 Å². The minimum absolute atomic E-state index is 0.204. The molecule has 7 heteroatoms. The number of nitrogens with one attached hydrogen (secondary N) is 2. The van der Waals surface area contributed by atoms with Crippen LogP contribution in [0.2, 0.25) is 0 Å². The number of benzene rings is 1. The lowest BCUT2D eigenvalue weighted by Crippen LogP contribution is -2.16. The average molecular weight is 304 g/mol. The third-order valence-corrected chi connectivity index (χ3v) is 3.05. The molecule has 84 valence electrons. The second-order valence-corrected chi connectivity index (χ2v) is 4.49. The number of aryl methyl sites for hydroxylation is 1. The maximum absolute atomic E-state index is 13.4. The molecule has 2 aromatic rings.